The maximum Gasteiger partial charge on any atom is 0.309 e. The number of hydrogen-bond donors (Lipinski definition) is 2. The molecule has 154 valence electrons. The molecule has 1 saturated heterocycles. The first-order valence-electron chi connectivity index (χ1n) is 9.73. The van der Waals surface area contributed by atoms with Gasteiger partial charge in [0.25, 0.3) is 5.91 Å². The predicted octanol–water partition coefficient (Wildman–Crippen LogP) is 1.03. The third-order valence-electron chi connectivity index (χ3n) is 4.96. The second kappa shape index (κ2) is 9.88. The molecule has 8 nitrogen and oxygen atoms in total. The van der Waals surface area contributed by atoms with Crippen molar-refractivity contribution in [3.05, 3.63) is 60.1 Å². The summed E-state index contributed by atoms with van der Waals surface area (Å²) in [7, 11) is 0. The van der Waals surface area contributed by atoms with Gasteiger partial charge in [0.05, 0.1) is 12.3 Å². The quantitative estimate of drug-likeness (QED) is 0.709. The lowest BCUT2D eigenvalue weighted by Crippen LogP contribution is -2.51. The third kappa shape index (κ3) is 5.68. The zero-order chi connectivity index (χ0) is 20.6. The molecule has 0 radical (unpaired) electrons. The summed E-state index contributed by atoms with van der Waals surface area (Å²) < 4.78 is 5.15. The molecule has 0 saturated carbocycles. The topological polar surface area (TPSA) is 94.9 Å². The van der Waals surface area contributed by atoms with Crippen LogP contribution < -0.4 is 10.6 Å². The summed E-state index contributed by atoms with van der Waals surface area (Å²) in [6.45, 7) is 5.45. The van der Waals surface area contributed by atoms with Gasteiger partial charge in [-0.05, 0) is 24.6 Å². The van der Waals surface area contributed by atoms with Gasteiger partial charge in [-0.1, -0.05) is 30.3 Å². The van der Waals surface area contributed by atoms with Gasteiger partial charge < -0.3 is 20.0 Å². The normalized spacial score (nSPS) is 15.6. The number of hydrogen-bond acceptors (Lipinski definition) is 5. The number of furan rings is 1. The summed E-state index contributed by atoms with van der Waals surface area (Å²) in [5.41, 5.74) is 0.940. The molecular weight excluding hydrogens is 372 g/mol. The lowest BCUT2D eigenvalue weighted by molar-refractivity contribution is -0.139. The van der Waals surface area contributed by atoms with Gasteiger partial charge in [-0.15, -0.1) is 0 Å². The molecular formula is C21H26N4O4. The SMILES string of the molecule is C[C@@H](NC(=O)C(=O)NCCN1CCN(C(=O)c2ccco2)CC1)c1ccccc1. The lowest BCUT2D eigenvalue weighted by Gasteiger charge is -2.34. The molecule has 1 aromatic carbocycles. The van der Waals surface area contributed by atoms with E-state index in [0.717, 1.165) is 5.56 Å². The summed E-state index contributed by atoms with van der Waals surface area (Å²) in [6, 6.07) is 12.6. The Morgan fingerprint density at radius 2 is 1.72 bits per heavy atom. The van der Waals surface area contributed by atoms with E-state index in [1.54, 1.807) is 17.0 Å². The molecule has 1 aromatic heterocycles. The minimum absolute atomic E-state index is 0.104. The van der Waals surface area contributed by atoms with Crippen molar-refractivity contribution in [1.29, 1.82) is 0 Å². The number of amides is 3. The van der Waals surface area contributed by atoms with Crippen molar-refractivity contribution in [2.24, 2.45) is 0 Å². The van der Waals surface area contributed by atoms with Crippen molar-refractivity contribution >= 4 is 17.7 Å². The van der Waals surface area contributed by atoms with Gasteiger partial charge in [0, 0.05) is 39.3 Å². The zero-order valence-corrected chi connectivity index (χ0v) is 16.5. The van der Waals surface area contributed by atoms with Crippen LogP contribution in [-0.4, -0.2) is 66.8 Å². The molecule has 0 spiro atoms. The first kappa shape index (κ1) is 20.6. The van der Waals surface area contributed by atoms with E-state index in [1.807, 2.05) is 37.3 Å². The summed E-state index contributed by atoms with van der Waals surface area (Å²) in [5.74, 6) is -1.04. The fourth-order valence-electron chi connectivity index (χ4n) is 3.23. The summed E-state index contributed by atoms with van der Waals surface area (Å²) >= 11 is 0. The van der Waals surface area contributed by atoms with Crippen LogP contribution in [-0.2, 0) is 9.59 Å². The second-order valence-corrected chi connectivity index (χ2v) is 6.97. The van der Waals surface area contributed by atoms with Crippen LogP contribution in [0.3, 0.4) is 0 Å². The predicted molar refractivity (Wildman–Crippen MR) is 107 cm³/mol. The number of piperazine rings is 1. The molecule has 2 heterocycles. The highest BCUT2D eigenvalue weighted by Crippen LogP contribution is 2.11. The molecule has 3 amide bonds. The Balaban J connectivity index is 1.34. The van der Waals surface area contributed by atoms with Gasteiger partial charge in [0.1, 0.15) is 0 Å². The smallest absolute Gasteiger partial charge is 0.309 e. The fraction of sp³-hybridized carbons (Fsp3) is 0.381. The van der Waals surface area contributed by atoms with E-state index in [-0.39, 0.29) is 11.9 Å². The van der Waals surface area contributed by atoms with Crippen LogP contribution in [0.4, 0.5) is 0 Å². The van der Waals surface area contributed by atoms with Gasteiger partial charge in [-0.2, -0.15) is 0 Å². The molecule has 0 aliphatic carbocycles. The Morgan fingerprint density at radius 1 is 1.00 bits per heavy atom. The summed E-state index contributed by atoms with van der Waals surface area (Å²) in [6.07, 6.45) is 1.49. The van der Waals surface area contributed by atoms with Crippen molar-refractivity contribution in [2.75, 3.05) is 39.3 Å². The van der Waals surface area contributed by atoms with Crippen molar-refractivity contribution < 1.29 is 18.8 Å². The van der Waals surface area contributed by atoms with E-state index in [1.165, 1.54) is 6.26 Å². The molecule has 3 rings (SSSR count). The van der Waals surface area contributed by atoms with Crippen LogP contribution in [0.5, 0.6) is 0 Å². The minimum atomic E-state index is -0.643. The molecule has 29 heavy (non-hydrogen) atoms. The van der Waals surface area contributed by atoms with E-state index in [2.05, 4.69) is 15.5 Å². The van der Waals surface area contributed by atoms with E-state index >= 15 is 0 Å². The highest BCUT2D eigenvalue weighted by Gasteiger charge is 2.23. The van der Waals surface area contributed by atoms with E-state index < -0.39 is 11.8 Å². The molecule has 0 bridgehead atoms. The van der Waals surface area contributed by atoms with Gasteiger partial charge in [0.15, 0.2) is 5.76 Å². The second-order valence-electron chi connectivity index (χ2n) is 6.97. The number of nitrogens with one attached hydrogen (secondary N) is 2. The maximum atomic E-state index is 12.2. The Morgan fingerprint density at radius 3 is 2.38 bits per heavy atom. The highest BCUT2D eigenvalue weighted by molar-refractivity contribution is 6.35. The van der Waals surface area contributed by atoms with Crippen LogP contribution in [0.2, 0.25) is 0 Å². The Kier molecular flexibility index (Phi) is 7.02. The van der Waals surface area contributed by atoms with Gasteiger partial charge in [-0.25, -0.2) is 0 Å². The molecule has 1 atom stereocenters. The number of benzene rings is 1. The monoisotopic (exact) mass is 398 g/mol. The van der Waals surface area contributed by atoms with E-state index in [4.69, 9.17) is 4.42 Å². The Bertz CT molecular complexity index is 814. The van der Waals surface area contributed by atoms with Crippen LogP contribution in [0.15, 0.2) is 53.1 Å². The maximum absolute atomic E-state index is 12.2. The van der Waals surface area contributed by atoms with Crippen molar-refractivity contribution in [1.82, 2.24) is 20.4 Å². The molecule has 1 aliphatic rings. The molecule has 8 heteroatoms. The number of carbonyl (C=O) groups excluding carboxylic acids is 3. The molecule has 0 unspecified atom stereocenters. The Hall–Kier alpha value is -3.13. The summed E-state index contributed by atoms with van der Waals surface area (Å²) in [4.78, 5) is 40.2. The summed E-state index contributed by atoms with van der Waals surface area (Å²) in [5, 5.41) is 5.35. The number of nitrogens with zero attached hydrogens (tertiary/aromatic N) is 2. The molecule has 2 aromatic rings. The first-order valence-corrected chi connectivity index (χ1v) is 9.73. The molecule has 1 fully saturated rings. The first-order chi connectivity index (χ1) is 14.0. The van der Waals surface area contributed by atoms with Gasteiger partial charge in [-0.3, -0.25) is 19.3 Å². The Labute approximate surface area is 169 Å². The lowest BCUT2D eigenvalue weighted by atomic mass is 10.1. The molecule has 2 N–H and O–H groups in total. The average Bonchev–Trinajstić information content (AvgIpc) is 3.29. The van der Waals surface area contributed by atoms with Gasteiger partial charge >= 0.3 is 11.8 Å². The van der Waals surface area contributed by atoms with Crippen molar-refractivity contribution in [2.45, 2.75) is 13.0 Å². The van der Waals surface area contributed by atoms with Crippen LogP contribution >= 0.6 is 0 Å². The molecule has 1 aliphatic heterocycles. The fourth-order valence-corrected chi connectivity index (χ4v) is 3.23. The zero-order valence-electron chi connectivity index (χ0n) is 16.5. The van der Waals surface area contributed by atoms with E-state index in [9.17, 15) is 14.4 Å². The number of rotatable bonds is 6. The minimum Gasteiger partial charge on any atom is -0.459 e. The average molecular weight is 398 g/mol. The highest BCUT2D eigenvalue weighted by atomic mass is 16.3. The third-order valence-corrected chi connectivity index (χ3v) is 4.96. The van der Waals surface area contributed by atoms with Crippen LogP contribution in [0.1, 0.15) is 29.1 Å². The van der Waals surface area contributed by atoms with Gasteiger partial charge in [0.2, 0.25) is 0 Å². The van der Waals surface area contributed by atoms with Crippen molar-refractivity contribution in [3.8, 4) is 0 Å². The van der Waals surface area contributed by atoms with Crippen LogP contribution in [0.25, 0.3) is 0 Å². The number of carbonyl (C=O) groups is 3. The van der Waals surface area contributed by atoms with Crippen molar-refractivity contribution in [3.63, 3.8) is 0 Å². The van der Waals surface area contributed by atoms with Crippen LogP contribution in [0, 0.1) is 0 Å². The largest absolute Gasteiger partial charge is 0.459 e. The van der Waals surface area contributed by atoms with E-state index in [0.29, 0.717) is 45.0 Å². The standard InChI is InChI=1S/C21H26N4O4/c1-16(17-6-3-2-4-7-17)23-20(27)19(26)22-9-10-24-11-13-25(14-12-24)21(28)18-8-5-15-29-18/h2-8,15-16H,9-14H2,1H3,(H,22,26)(H,23,27)/t16-/m1/s1.